The fraction of sp³-hybridized carbons (Fsp3) is 0.231. The predicted molar refractivity (Wildman–Crippen MR) is 88.9 cm³/mol. The molecule has 0 saturated carbocycles. The van der Waals surface area contributed by atoms with E-state index >= 15 is 0 Å². The number of benzene rings is 1. The highest BCUT2D eigenvalue weighted by Crippen LogP contribution is 2.27. The Morgan fingerprint density at radius 2 is 2.26 bits per heavy atom. The van der Waals surface area contributed by atoms with Crippen LogP contribution in [0.5, 0.6) is 0 Å². The van der Waals surface area contributed by atoms with E-state index < -0.39 is 0 Å². The van der Waals surface area contributed by atoms with Crippen LogP contribution >= 0.6 is 39.5 Å². The van der Waals surface area contributed by atoms with Crippen molar-refractivity contribution < 1.29 is 0 Å². The molecule has 3 N–H and O–H groups in total. The number of aryl methyl sites for hydroxylation is 1. The Balaban J connectivity index is 2.27. The SMILES string of the molecule is Cc1csc(C(C)Nc2cc(Br)ccc2C(N)=S)n1. The van der Waals surface area contributed by atoms with Gasteiger partial charge in [-0.05, 0) is 32.0 Å². The molecule has 1 aromatic heterocycles. The summed E-state index contributed by atoms with van der Waals surface area (Å²) in [5.74, 6) is 0. The van der Waals surface area contributed by atoms with E-state index in [-0.39, 0.29) is 6.04 Å². The van der Waals surface area contributed by atoms with Crippen LogP contribution in [0.2, 0.25) is 0 Å². The van der Waals surface area contributed by atoms with Crippen molar-refractivity contribution >= 4 is 50.2 Å². The maximum absolute atomic E-state index is 5.75. The molecule has 1 atom stereocenters. The largest absolute Gasteiger partial charge is 0.389 e. The van der Waals surface area contributed by atoms with Gasteiger partial charge in [0.15, 0.2) is 0 Å². The first-order valence-corrected chi connectivity index (χ1v) is 7.83. The van der Waals surface area contributed by atoms with E-state index in [0.29, 0.717) is 4.99 Å². The quantitative estimate of drug-likeness (QED) is 0.813. The van der Waals surface area contributed by atoms with Crippen LogP contribution in [0.1, 0.15) is 29.2 Å². The van der Waals surface area contributed by atoms with Gasteiger partial charge in [0, 0.05) is 26.8 Å². The van der Waals surface area contributed by atoms with Gasteiger partial charge in [0.2, 0.25) is 0 Å². The van der Waals surface area contributed by atoms with E-state index in [1.54, 1.807) is 11.3 Å². The highest BCUT2D eigenvalue weighted by molar-refractivity contribution is 9.10. The Bertz CT molecular complexity index is 610. The fourth-order valence-corrected chi connectivity index (χ4v) is 3.06. The fourth-order valence-electron chi connectivity index (χ4n) is 1.72. The lowest BCUT2D eigenvalue weighted by Gasteiger charge is -2.16. The molecular formula is C13H14BrN3S2. The minimum Gasteiger partial charge on any atom is -0.389 e. The van der Waals surface area contributed by atoms with Gasteiger partial charge in [-0.15, -0.1) is 11.3 Å². The van der Waals surface area contributed by atoms with E-state index in [4.69, 9.17) is 18.0 Å². The third-order valence-electron chi connectivity index (χ3n) is 2.63. The van der Waals surface area contributed by atoms with Gasteiger partial charge in [-0.25, -0.2) is 4.98 Å². The highest BCUT2D eigenvalue weighted by Gasteiger charge is 2.13. The van der Waals surface area contributed by atoms with Gasteiger partial charge < -0.3 is 11.1 Å². The summed E-state index contributed by atoms with van der Waals surface area (Å²) in [4.78, 5) is 4.87. The Hall–Kier alpha value is -0.980. The number of nitrogens with one attached hydrogen (secondary N) is 1. The second-order valence-electron chi connectivity index (χ2n) is 4.25. The molecule has 2 rings (SSSR count). The molecule has 0 bridgehead atoms. The van der Waals surface area contributed by atoms with Crippen LogP contribution in [0.25, 0.3) is 0 Å². The molecule has 0 aliphatic rings. The first-order chi connectivity index (χ1) is 8.97. The zero-order valence-corrected chi connectivity index (χ0v) is 13.8. The number of hydrogen-bond acceptors (Lipinski definition) is 4. The van der Waals surface area contributed by atoms with Crippen molar-refractivity contribution in [3.8, 4) is 0 Å². The molecule has 0 spiro atoms. The van der Waals surface area contributed by atoms with Crippen LogP contribution in [-0.4, -0.2) is 9.97 Å². The predicted octanol–water partition coefficient (Wildman–Crippen LogP) is 4.02. The summed E-state index contributed by atoms with van der Waals surface area (Å²) in [6, 6.07) is 5.93. The van der Waals surface area contributed by atoms with Crippen LogP contribution in [0.4, 0.5) is 5.69 Å². The Morgan fingerprint density at radius 1 is 1.53 bits per heavy atom. The lowest BCUT2D eigenvalue weighted by Crippen LogP contribution is -2.15. The monoisotopic (exact) mass is 355 g/mol. The van der Waals surface area contributed by atoms with Crippen molar-refractivity contribution in [3.05, 3.63) is 44.3 Å². The van der Waals surface area contributed by atoms with E-state index in [1.165, 1.54) is 0 Å². The van der Waals surface area contributed by atoms with Crippen LogP contribution < -0.4 is 11.1 Å². The second-order valence-corrected chi connectivity index (χ2v) is 6.49. The summed E-state index contributed by atoms with van der Waals surface area (Å²) in [6.45, 7) is 4.06. The number of anilines is 1. The lowest BCUT2D eigenvalue weighted by molar-refractivity contribution is 0.863. The number of hydrogen-bond donors (Lipinski definition) is 2. The van der Waals surface area contributed by atoms with Gasteiger partial charge in [0.1, 0.15) is 10.00 Å². The van der Waals surface area contributed by atoms with Crippen LogP contribution in [0.15, 0.2) is 28.1 Å². The van der Waals surface area contributed by atoms with Crippen LogP contribution in [-0.2, 0) is 0 Å². The second kappa shape index (κ2) is 5.98. The molecule has 100 valence electrons. The summed E-state index contributed by atoms with van der Waals surface area (Å²) in [7, 11) is 0. The minimum atomic E-state index is 0.112. The molecule has 0 fully saturated rings. The first kappa shape index (κ1) is 14.4. The number of thiocarbonyl (C=S) groups is 1. The molecule has 3 nitrogen and oxygen atoms in total. The van der Waals surface area contributed by atoms with Gasteiger partial charge in [-0.2, -0.15) is 0 Å². The van der Waals surface area contributed by atoms with E-state index in [1.807, 2.05) is 30.5 Å². The number of thiazole rings is 1. The summed E-state index contributed by atoms with van der Waals surface area (Å²) >= 11 is 10.2. The molecule has 19 heavy (non-hydrogen) atoms. The van der Waals surface area contributed by atoms with E-state index in [9.17, 15) is 0 Å². The zero-order chi connectivity index (χ0) is 14.0. The molecule has 2 aromatic rings. The number of nitrogens with zero attached hydrogens (tertiary/aromatic N) is 1. The molecule has 1 aromatic carbocycles. The third kappa shape index (κ3) is 3.52. The van der Waals surface area contributed by atoms with Crippen molar-refractivity contribution in [3.63, 3.8) is 0 Å². The minimum absolute atomic E-state index is 0.112. The Morgan fingerprint density at radius 3 is 2.84 bits per heavy atom. The molecule has 0 radical (unpaired) electrons. The first-order valence-electron chi connectivity index (χ1n) is 5.75. The molecule has 0 amide bonds. The summed E-state index contributed by atoms with van der Waals surface area (Å²) in [6.07, 6.45) is 0. The van der Waals surface area contributed by atoms with Crippen molar-refractivity contribution in [1.29, 1.82) is 0 Å². The summed E-state index contributed by atoms with van der Waals surface area (Å²) in [5.41, 5.74) is 8.55. The number of halogens is 1. The van der Waals surface area contributed by atoms with Gasteiger partial charge >= 0.3 is 0 Å². The maximum atomic E-state index is 5.75. The topological polar surface area (TPSA) is 50.9 Å². The van der Waals surface area contributed by atoms with Gasteiger partial charge in [-0.1, -0.05) is 28.1 Å². The molecule has 1 heterocycles. The lowest BCUT2D eigenvalue weighted by atomic mass is 10.1. The van der Waals surface area contributed by atoms with Crippen LogP contribution in [0, 0.1) is 6.92 Å². The molecule has 0 saturated heterocycles. The average Bonchev–Trinajstić information content (AvgIpc) is 2.75. The molecule has 6 heteroatoms. The number of aromatic nitrogens is 1. The van der Waals surface area contributed by atoms with E-state index in [2.05, 4.69) is 33.2 Å². The molecular weight excluding hydrogens is 342 g/mol. The van der Waals surface area contributed by atoms with Gasteiger partial charge in [0.25, 0.3) is 0 Å². The van der Waals surface area contributed by atoms with Crippen molar-refractivity contribution in [2.75, 3.05) is 5.32 Å². The maximum Gasteiger partial charge on any atom is 0.115 e. The van der Waals surface area contributed by atoms with Crippen molar-refractivity contribution in [1.82, 2.24) is 4.98 Å². The third-order valence-corrected chi connectivity index (χ3v) is 4.48. The smallest absolute Gasteiger partial charge is 0.115 e. The molecule has 1 unspecified atom stereocenters. The average molecular weight is 356 g/mol. The number of rotatable bonds is 4. The van der Waals surface area contributed by atoms with Crippen LogP contribution in [0.3, 0.4) is 0 Å². The zero-order valence-electron chi connectivity index (χ0n) is 10.6. The highest BCUT2D eigenvalue weighted by atomic mass is 79.9. The normalized spacial score (nSPS) is 12.2. The molecule has 0 aliphatic carbocycles. The standard InChI is InChI=1S/C13H14BrN3S2/c1-7-6-19-13(16-7)8(2)17-11-5-9(14)3-4-10(11)12(15)18/h3-6,8,17H,1-2H3,(H2,15,18). The summed E-state index contributed by atoms with van der Waals surface area (Å²) in [5, 5.41) is 6.50. The summed E-state index contributed by atoms with van der Waals surface area (Å²) < 4.78 is 0.984. The van der Waals surface area contributed by atoms with Gasteiger partial charge in [-0.3, -0.25) is 0 Å². The van der Waals surface area contributed by atoms with Crippen molar-refractivity contribution in [2.45, 2.75) is 19.9 Å². The van der Waals surface area contributed by atoms with Gasteiger partial charge in [0.05, 0.1) is 6.04 Å². The Kier molecular flexibility index (Phi) is 4.54. The molecule has 0 aliphatic heterocycles. The number of nitrogens with two attached hydrogens (primary N) is 1. The van der Waals surface area contributed by atoms with E-state index in [0.717, 1.165) is 26.4 Å². The van der Waals surface area contributed by atoms with Crippen molar-refractivity contribution in [2.24, 2.45) is 5.73 Å². The Labute approximate surface area is 130 Å².